The number of methoxy groups -OCH3 is 1. The Morgan fingerprint density at radius 3 is 2.48 bits per heavy atom. The van der Waals surface area contributed by atoms with Gasteiger partial charge >= 0.3 is 5.97 Å². The van der Waals surface area contributed by atoms with Crippen LogP contribution in [0.5, 0.6) is 11.5 Å². The molecule has 0 radical (unpaired) electrons. The van der Waals surface area contributed by atoms with E-state index < -0.39 is 17.9 Å². The topological polar surface area (TPSA) is 94.1 Å². The Morgan fingerprint density at radius 1 is 1.28 bits per heavy atom. The Bertz CT molecular complexity index is 594. The van der Waals surface area contributed by atoms with Gasteiger partial charge in [0.1, 0.15) is 17.5 Å². The number of aliphatic carboxylic acids is 1. The number of nitrogens with one attached hydrogen (secondary N) is 1. The lowest BCUT2D eigenvalue weighted by Crippen LogP contribution is -2.44. The van der Waals surface area contributed by atoms with Crippen molar-refractivity contribution in [3.05, 3.63) is 23.8 Å². The molecule has 0 saturated heterocycles. The Labute approximate surface area is 148 Å². The maximum atomic E-state index is 11.9. The molecule has 1 amide bonds. The number of hydrogen-bond donors (Lipinski definition) is 2. The zero-order valence-corrected chi connectivity index (χ0v) is 15.4. The highest BCUT2D eigenvalue weighted by molar-refractivity contribution is 5.84. The van der Waals surface area contributed by atoms with Gasteiger partial charge in [0.2, 0.25) is 0 Å². The summed E-state index contributed by atoms with van der Waals surface area (Å²) in [6.45, 7) is 7.47. The second-order valence-corrected chi connectivity index (χ2v) is 6.63. The Morgan fingerprint density at radius 2 is 1.96 bits per heavy atom. The van der Waals surface area contributed by atoms with E-state index in [4.69, 9.17) is 14.2 Å². The van der Waals surface area contributed by atoms with Crippen LogP contribution in [0.2, 0.25) is 0 Å². The van der Waals surface area contributed by atoms with E-state index in [-0.39, 0.29) is 25.2 Å². The maximum Gasteiger partial charge on any atom is 0.326 e. The molecular formula is C18H27NO6. The second kappa shape index (κ2) is 9.27. The zero-order chi connectivity index (χ0) is 19.0. The number of benzene rings is 1. The summed E-state index contributed by atoms with van der Waals surface area (Å²) < 4.78 is 16.0. The number of amides is 1. The highest BCUT2D eigenvalue weighted by Gasteiger charge is 2.21. The molecule has 0 aliphatic carbocycles. The van der Waals surface area contributed by atoms with Crippen molar-refractivity contribution in [2.75, 3.05) is 20.3 Å². The Balaban J connectivity index is 2.49. The van der Waals surface area contributed by atoms with Gasteiger partial charge in [0, 0.05) is 13.0 Å². The summed E-state index contributed by atoms with van der Waals surface area (Å²) in [6, 6.07) is 4.16. The molecule has 1 unspecified atom stereocenters. The van der Waals surface area contributed by atoms with Gasteiger partial charge in [-0.2, -0.15) is 0 Å². The number of hydrogen-bond acceptors (Lipinski definition) is 5. The standard InChI is InChI=1S/C18H27NO6/c1-12-10-13(6-7-15(12)23-5)24-11-16(20)19-14(17(21)22)8-9-25-18(2,3)4/h6-7,10,14H,8-9,11H2,1-5H3,(H,19,20)(H,21,22). The van der Waals surface area contributed by atoms with Gasteiger partial charge < -0.3 is 24.6 Å². The quantitative estimate of drug-likeness (QED) is 0.706. The lowest BCUT2D eigenvalue weighted by molar-refractivity contribution is -0.143. The number of rotatable bonds is 9. The third-order valence-electron chi connectivity index (χ3n) is 3.31. The van der Waals surface area contributed by atoms with Crippen LogP contribution in [0.4, 0.5) is 0 Å². The first kappa shape index (κ1) is 20.8. The Hall–Kier alpha value is -2.28. The van der Waals surface area contributed by atoms with E-state index in [0.717, 1.165) is 11.3 Å². The maximum absolute atomic E-state index is 11.9. The van der Waals surface area contributed by atoms with Gasteiger partial charge in [0.05, 0.1) is 12.7 Å². The summed E-state index contributed by atoms with van der Waals surface area (Å²) in [5, 5.41) is 11.6. The van der Waals surface area contributed by atoms with Crippen LogP contribution in [-0.2, 0) is 14.3 Å². The molecule has 0 aliphatic rings. The number of carboxylic acid groups (broad SMARTS) is 1. The molecule has 0 saturated carbocycles. The number of ether oxygens (including phenoxy) is 3. The minimum atomic E-state index is -1.11. The average Bonchev–Trinajstić information content (AvgIpc) is 2.50. The van der Waals surface area contributed by atoms with E-state index in [1.165, 1.54) is 0 Å². The number of aryl methyl sites for hydroxylation is 1. The fourth-order valence-corrected chi connectivity index (χ4v) is 2.07. The van der Waals surface area contributed by atoms with Gasteiger partial charge in [-0.25, -0.2) is 4.79 Å². The van der Waals surface area contributed by atoms with E-state index in [0.29, 0.717) is 5.75 Å². The summed E-state index contributed by atoms with van der Waals surface area (Å²) in [5.41, 5.74) is 0.519. The van der Waals surface area contributed by atoms with Gasteiger partial charge in [-0.15, -0.1) is 0 Å². The SMILES string of the molecule is COc1ccc(OCC(=O)NC(CCOC(C)(C)C)C(=O)O)cc1C. The van der Waals surface area contributed by atoms with E-state index >= 15 is 0 Å². The van der Waals surface area contributed by atoms with Crippen molar-refractivity contribution in [3.63, 3.8) is 0 Å². The molecule has 1 atom stereocenters. The number of carboxylic acids is 1. The van der Waals surface area contributed by atoms with Crippen molar-refractivity contribution in [2.24, 2.45) is 0 Å². The monoisotopic (exact) mass is 353 g/mol. The average molecular weight is 353 g/mol. The minimum absolute atomic E-state index is 0.181. The molecule has 0 bridgehead atoms. The van der Waals surface area contributed by atoms with Crippen LogP contribution in [0, 0.1) is 6.92 Å². The summed E-state index contributed by atoms with van der Waals surface area (Å²) in [7, 11) is 1.58. The Kier molecular flexibility index (Phi) is 7.70. The van der Waals surface area contributed by atoms with Gasteiger partial charge in [-0.1, -0.05) is 0 Å². The number of carbonyl (C=O) groups excluding carboxylic acids is 1. The van der Waals surface area contributed by atoms with Crippen LogP contribution in [0.15, 0.2) is 18.2 Å². The van der Waals surface area contributed by atoms with Gasteiger partial charge in [0.15, 0.2) is 6.61 Å². The van der Waals surface area contributed by atoms with E-state index in [1.807, 2.05) is 27.7 Å². The van der Waals surface area contributed by atoms with Crippen LogP contribution in [0.3, 0.4) is 0 Å². The highest BCUT2D eigenvalue weighted by Crippen LogP contribution is 2.22. The molecule has 1 rings (SSSR count). The molecular weight excluding hydrogens is 326 g/mol. The molecule has 2 N–H and O–H groups in total. The third kappa shape index (κ3) is 7.89. The molecule has 25 heavy (non-hydrogen) atoms. The van der Waals surface area contributed by atoms with Crippen LogP contribution in [0.1, 0.15) is 32.8 Å². The lowest BCUT2D eigenvalue weighted by atomic mass is 10.2. The van der Waals surface area contributed by atoms with Gasteiger partial charge in [-0.05, 0) is 51.5 Å². The molecule has 0 fully saturated rings. The molecule has 1 aromatic carbocycles. The van der Waals surface area contributed by atoms with Crippen molar-refractivity contribution >= 4 is 11.9 Å². The summed E-state index contributed by atoms with van der Waals surface area (Å²) in [6.07, 6.45) is 0.181. The van der Waals surface area contributed by atoms with E-state index in [1.54, 1.807) is 25.3 Å². The van der Waals surface area contributed by atoms with Crippen molar-refractivity contribution < 1.29 is 28.9 Å². The second-order valence-electron chi connectivity index (χ2n) is 6.63. The van der Waals surface area contributed by atoms with Crippen LogP contribution < -0.4 is 14.8 Å². The van der Waals surface area contributed by atoms with Crippen molar-refractivity contribution in [3.8, 4) is 11.5 Å². The molecule has 140 valence electrons. The minimum Gasteiger partial charge on any atom is -0.496 e. The fourth-order valence-electron chi connectivity index (χ4n) is 2.07. The molecule has 0 spiro atoms. The van der Waals surface area contributed by atoms with E-state index in [2.05, 4.69) is 5.32 Å². The first-order valence-electron chi connectivity index (χ1n) is 8.06. The highest BCUT2D eigenvalue weighted by atomic mass is 16.5. The molecule has 0 aromatic heterocycles. The van der Waals surface area contributed by atoms with Crippen molar-refractivity contribution in [1.29, 1.82) is 0 Å². The zero-order valence-electron chi connectivity index (χ0n) is 15.4. The predicted molar refractivity (Wildman–Crippen MR) is 93.1 cm³/mol. The van der Waals surface area contributed by atoms with Gasteiger partial charge in [0.25, 0.3) is 5.91 Å². The summed E-state index contributed by atoms with van der Waals surface area (Å²) in [5.74, 6) is -0.374. The lowest BCUT2D eigenvalue weighted by Gasteiger charge is -2.21. The van der Waals surface area contributed by atoms with Crippen LogP contribution >= 0.6 is 0 Å². The van der Waals surface area contributed by atoms with Crippen molar-refractivity contribution in [1.82, 2.24) is 5.32 Å². The first-order valence-corrected chi connectivity index (χ1v) is 8.06. The summed E-state index contributed by atoms with van der Waals surface area (Å²) in [4.78, 5) is 23.2. The van der Waals surface area contributed by atoms with Crippen LogP contribution in [0.25, 0.3) is 0 Å². The fraction of sp³-hybridized carbons (Fsp3) is 0.556. The normalized spacial score (nSPS) is 12.4. The molecule has 0 heterocycles. The molecule has 1 aromatic rings. The largest absolute Gasteiger partial charge is 0.496 e. The first-order chi connectivity index (χ1) is 11.6. The van der Waals surface area contributed by atoms with E-state index in [9.17, 15) is 14.7 Å². The predicted octanol–water partition coefficient (Wildman–Crippen LogP) is 2.16. The number of carbonyl (C=O) groups is 2. The van der Waals surface area contributed by atoms with Gasteiger partial charge in [-0.3, -0.25) is 4.79 Å². The smallest absolute Gasteiger partial charge is 0.326 e. The molecule has 0 aliphatic heterocycles. The van der Waals surface area contributed by atoms with Crippen molar-refractivity contribution in [2.45, 2.75) is 45.8 Å². The van der Waals surface area contributed by atoms with Crippen LogP contribution in [-0.4, -0.2) is 48.9 Å². The summed E-state index contributed by atoms with van der Waals surface area (Å²) >= 11 is 0. The third-order valence-corrected chi connectivity index (χ3v) is 3.31. The molecule has 7 nitrogen and oxygen atoms in total. The molecule has 7 heteroatoms.